The maximum atomic E-state index is 6.11. The van der Waals surface area contributed by atoms with Gasteiger partial charge in [0.2, 0.25) is 0 Å². The fourth-order valence-electron chi connectivity index (χ4n) is 3.60. The summed E-state index contributed by atoms with van der Waals surface area (Å²) >= 11 is 6.11. The van der Waals surface area contributed by atoms with Crippen molar-refractivity contribution in [1.29, 1.82) is 0 Å². The van der Waals surface area contributed by atoms with Crippen molar-refractivity contribution >= 4 is 28.3 Å². The molecule has 0 atom stereocenters. The summed E-state index contributed by atoms with van der Waals surface area (Å²) in [6.07, 6.45) is 2.74. The van der Waals surface area contributed by atoms with E-state index in [4.69, 9.17) is 16.3 Å². The number of nitrogens with zero attached hydrogens (tertiary/aromatic N) is 4. The molecule has 1 saturated heterocycles. The molecule has 27 heavy (non-hydrogen) atoms. The van der Waals surface area contributed by atoms with Crippen LogP contribution in [0.5, 0.6) is 5.75 Å². The first kappa shape index (κ1) is 18.0. The highest BCUT2D eigenvalue weighted by Gasteiger charge is 2.18. The van der Waals surface area contributed by atoms with Gasteiger partial charge in [0.25, 0.3) is 0 Å². The van der Waals surface area contributed by atoms with E-state index < -0.39 is 0 Å². The van der Waals surface area contributed by atoms with Gasteiger partial charge in [-0.1, -0.05) is 23.7 Å². The number of benzene rings is 2. The number of methoxy groups -OCH3 is 1. The fraction of sp³-hybridized carbons (Fsp3) is 0.333. The Morgan fingerprint density at radius 2 is 1.85 bits per heavy atom. The van der Waals surface area contributed by atoms with Crippen LogP contribution in [0.15, 0.2) is 48.8 Å². The Kier molecular flexibility index (Phi) is 5.41. The van der Waals surface area contributed by atoms with Crippen LogP contribution >= 0.6 is 11.6 Å². The second-order valence-electron chi connectivity index (χ2n) is 6.82. The molecule has 0 unspecified atom stereocenters. The molecular weight excluding hydrogens is 360 g/mol. The van der Waals surface area contributed by atoms with E-state index >= 15 is 0 Å². The molecule has 0 bridgehead atoms. The molecule has 1 aliphatic rings. The highest BCUT2D eigenvalue weighted by molar-refractivity contribution is 6.31. The lowest BCUT2D eigenvalue weighted by Gasteiger charge is -2.23. The number of hydrogen-bond donors (Lipinski definition) is 0. The summed E-state index contributed by atoms with van der Waals surface area (Å²) in [5.74, 6) is 1.90. The average molecular weight is 383 g/mol. The number of hydrogen-bond acceptors (Lipinski definition) is 5. The first-order valence-corrected chi connectivity index (χ1v) is 9.61. The Morgan fingerprint density at radius 1 is 1.00 bits per heavy atom. The first-order valence-electron chi connectivity index (χ1n) is 9.23. The van der Waals surface area contributed by atoms with Gasteiger partial charge in [0.1, 0.15) is 17.9 Å². The number of anilines is 1. The molecule has 0 N–H and O–H groups in total. The van der Waals surface area contributed by atoms with E-state index in [1.807, 2.05) is 30.3 Å². The maximum absolute atomic E-state index is 6.11. The lowest BCUT2D eigenvalue weighted by Crippen LogP contribution is -2.31. The van der Waals surface area contributed by atoms with Crippen molar-refractivity contribution in [1.82, 2.24) is 14.9 Å². The number of aromatic nitrogens is 2. The van der Waals surface area contributed by atoms with Crippen LogP contribution in [-0.4, -0.2) is 48.2 Å². The van der Waals surface area contributed by atoms with Gasteiger partial charge in [-0.3, -0.25) is 4.90 Å². The van der Waals surface area contributed by atoms with Crippen LogP contribution in [0.4, 0.5) is 5.82 Å². The zero-order valence-electron chi connectivity index (χ0n) is 15.4. The Morgan fingerprint density at radius 3 is 2.67 bits per heavy atom. The molecule has 1 aromatic heterocycles. The predicted octanol–water partition coefficient (Wildman–Crippen LogP) is 4.00. The molecule has 1 fully saturated rings. The summed E-state index contributed by atoms with van der Waals surface area (Å²) in [7, 11) is 1.70. The van der Waals surface area contributed by atoms with E-state index in [2.05, 4.69) is 31.9 Å². The molecule has 0 aliphatic carbocycles. The molecule has 4 rings (SSSR count). The van der Waals surface area contributed by atoms with Gasteiger partial charge in [-0.15, -0.1) is 0 Å². The Labute approximate surface area is 164 Å². The molecule has 0 saturated carbocycles. The van der Waals surface area contributed by atoms with Gasteiger partial charge in [0.05, 0.1) is 12.6 Å². The van der Waals surface area contributed by atoms with Gasteiger partial charge < -0.3 is 9.64 Å². The molecule has 6 heteroatoms. The van der Waals surface area contributed by atoms with Gasteiger partial charge in [-0.25, -0.2) is 9.97 Å². The average Bonchev–Trinajstić information content (AvgIpc) is 2.93. The predicted molar refractivity (Wildman–Crippen MR) is 110 cm³/mol. The molecule has 0 spiro atoms. The van der Waals surface area contributed by atoms with Crippen LogP contribution in [0, 0.1) is 0 Å². The van der Waals surface area contributed by atoms with E-state index in [0.717, 1.165) is 61.6 Å². The minimum Gasteiger partial charge on any atom is -0.497 e. The first-order chi connectivity index (χ1) is 13.2. The van der Waals surface area contributed by atoms with E-state index in [0.29, 0.717) is 5.02 Å². The summed E-state index contributed by atoms with van der Waals surface area (Å²) < 4.78 is 5.24. The summed E-state index contributed by atoms with van der Waals surface area (Å²) in [4.78, 5) is 13.8. The van der Waals surface area contributed by atoms with Crippen molar-refractivity contribution in [2.24, 2.45) is 0 Å². The third-order valence-corrected chi connectivity index (χ3v) is 5.27. The lowest BCUT2D eigenvalue weighted by atomic mass is 10.2. The van der Waals surface area contributed by atoms with E-state index in [9.17, 15) is 0 Å². The molecule has 2 heterocycles. The molecule has 5 nitrogen and oxygen atoms in total. The van der Waals surface area contributed by atoms with Gasteiger partial charge >= 0.3 is 0 Å². The molecule has 3 aromatic rings. The quantitative estimate of drug-likeness (QED) is 0.682. The third-order valence-electron chi connectivity index (χ3n) is 5.03. The molecule has 0 amide bonds. The summed E-state index contributed by atoms with van der Waals surface area (Å²) in [6, 6.07) is 14.2. The summed E-state index contributed by atoms with van der Waals surface area (Å²) in [5.41, 5.74) is 2.21. The van der Waals surface area contributed by atoms with E-state index in [-0.39, 0.29) is 0 Å². The normalized spacial score (nSPS) is 15.7. The molecule has 0 radical (unpaired) electrons. The van der Waals surface area contributed by atoms with Crippen LogP contribution in [0.2, 0.25) is 5.02 Å². The van der Waals surface area contributed by atoms with Gasteiger partial charge in [0, 0.05) is 43.1 Å². The van der Waals surface area contributed by atoms with Gasteiger partial charge in [-0.2, -0.15) is 0 Å². The second kappa shape index (κ2) is 8.11. The third kappa shape index (κ3) is 4.15. The number of ether oxygens (including phenoxy) is 1. The van der Waals surface area contributed by atoms with Crippen LogP contribution in [0.25, 0.3) is 10.9 Å². The topological polar surface area (TPSA) is 41.5 Å². The number of halogens is 1. The highest BCUT2D eigenvalue weighted by atomic mass is 35.5. The van der Waals surface area contributed by atoms with Crippen LogP contribution in [0.1, 0.15) is 12.0 Å². The van der Waals surface area contributed by atoms with Crippen molar-refractivity contribution < 1.29 is 4.74 Å². The maximum Gasteiger partial charge on any atom is 0.139 e. The van der Waals surface area contributed by atoms with Crippen molar-refractivity contribution in [3.63, 3.8) is 0 Å². The second-order valence-corrected chi connectivity index (χ2v) is 7.26. The molecule has 140 valence electrons. The standard InChI is InChI=1S/C21H23ClN4O/c1-27-18-6-3-16(4-7-18)14-25-9-2-10-26(12-11-25)21-19-8-5-17(22)13-20(19)23-15-24-21/h3-8,13,15H,2,9-12,14H2,1H3. The minimum absolute atomic E-state index is 0.702. The highest BCUT2D eigenvalue weighted by Crippen LogP contribution is 2.26. The van der Waals surface area contributed by atoms with Gasteiger partial charge in [0.15, 0.2) is 0 Å². The van der Waals surface area contributed by atoms with Crippen molar-refractivity contribution in [2.75, 3.05) is 38.2 Å². The van der Waals surface area contributed by atoms with Crippen molar-refractivity contribution in [2.45, 2.75) is 13.0 Å². The van der Waals surface area contributed by atoms with Crippen molar-refractivity contribution in [3.8, 4) is 5.75 Å². The summed E-state index contributed by atoms with van der Waals surface area (Å²) in [5, 5.41) is 1.76. The van der Waals surface area contributed by atoms with Crippen molar-refractivity contribution in [3.05, 3.63) is 59.4 Å². The van der Waals surface area contributed by atoms with Gasteiger partial charge in [-0.05, 0) is 42.3 Å². The smallest absolute Gasteiger partial charge is 0.139 e. The fourth-order valence-corrected chi connectivity index (χ4v) is 3.76. The lowest BCUT2D eigenvalue weighted by molar-refractivity contribution is 0.285. The Bertz CT molecular complexity index is 916. The molecule has 1 aliphatic heterocycles. The van der Waals surface area contributed by atoms with E-state index in [1.165, 1.54) is 5.56 Å². The van der Waals surface area contributed by atoms with E-state index in [1.54, 1.807) is 13.4 Å². The number of rotatable bonds is 4. The Hall–Kier alpha value is -2.37. The minimum atomic E-state index is 0.702. The zero-order chi connectivity index (χ0) is 18.6. The number of fused-ring (bicyclic) bond motifs is 1. The van der Waals surface area contributed by atoms with Crippen LogP contribution in [0.3, 0.4) is 0 Å². The van der Waals surface area contributed by atoms with Crippen LogP contribution in [-0.2, 0) is 6.54 Å². The molecular formula is C21H23ClN4O. The largest absolute Gasteiger partial charge is 0.497 e. The van der Waals surface area contributed by atoms with Crippen LogP contribution < -0.4 is 9.64 Å². The summed E-state index contributed by atoms with van der Waals surface area (Å²) in [6.45, 7) is 4.99. The SMILES string of the molecule is COc1ccc(CN2CCCN(c3ncnc4cc(Cl)ccc34)CC2)cc1. The Balaban J connectivity index is 1.47. The monoisotopic (exact) mass is 382 g/mol. The zero-order valence-corrected chi connectivity index (χ0v) is 16.2. The molecule has 2 aromatic carbocycles.